The van der Waals surface area contributed by atoms with Crippen LogP contribution in [0.2, 0.25) is 0 Å². The number of benzene rings is 1. The standard InChI is InChI=1S/C12H13BrFN3/c1-15-12(11-6-17(2)7-16-11)9-5-8(13)3-4-10(9)14/h3-7,12,15H,1-2H3. The lowest BCUT2D eigenvalue weighted by Gasteiger charge is -2.15. The van der Waals surface area contributed by atoms with E-state index in [0.29, 0.717) is 5.56 Å². The second-order valence-electron chi connectivity index (χ2n) is 3.85. The molecule has 0 radical (unpaired) electrons. The predicted octanol–water partition coefficient (Wildman–Crippen LogP) is 2.63. The van der Waals surface area contributed by atoms with Gasteiger partial charge in [-0.25, -0.2) is 9.37 Å². The predicted molar refractivity (Wildman–Crippen MR) is 68.2 cm³/mol. The number of aromatic nitrogens is 2. The quantitative estimate of drug-likeness (QED) is 0.944. The largest absolute Gasteiger partial charge is 0.340 e. The van der Waals surface area contributed by atoms with Crippen LogP contribution in [0.5, 0.6) is 0 Å². The van der Waals surface area contributed by atoms with Crippen LogP contribution < -0.4 is 5.32 Å². The molecular weight excluding hydrogens is 285 g/mol. The third-order valence-electron chi connectivity index (χ3n) is 2.58. The first-order valence-electron chi connectivity index (χ1n) is 5.22. The maximum absolute atomic E-state index is 13.8. The summed E-state index contributed by atoms with van der Waals surface area (Å²) in [5.74, 6) is -0.238. The highest BCUT2D eigenvalue weighted by molar-refractivity contribution is 9.10. The monoisotopic (exact) mass is 297 g/mol. The Kier molecular flexibility index (Phi) is 3.59. The zero-order valence-electron chi connectivity index (χ0n) is 9.61. The van der Waals surface area contributed by atoms with E-state index in [1.807, 2.05) is 17.8 Å². The highest BCUT2D eigenvalue weighted by Gasteiger charge is 2.18. The number of rotatable bonds is 3. The third-order valence-corrected chi connectivity index (χ3v) is 3.07. The van der Waals surface area contributed by atoms with E-state index in [9.17, 15) is 4.39 Å². The Bertz CT molecular complexity index is 524. The average Bonchev–Trinajstić information content (AvgIpc) is 2.71. The zero-order chi connectivity index (χ0) is 12.4. The van der Waals surface area contributed by atoms with Crippen LogP contribution in [0.15, 0.2) is 35.2 Å². The van der Waals surface area contributed by atoms with Crippen molar-refractivity contribution in [1.82, 2.24) is 14.9 Å². The van der Waals surface area contributed by atoms with E-state index < -0.39 is 0 Å². The minimum atomic E-state index is -0.242. The van der Waals surface area contributed by atoms with Gasteiger partial charge in [-0.15, -0.1) is 0 Å². The summed E-state index contributed by atoms with van der Waals surface area (Å²) in [5, 5.41) is 3.08. The van der Waals surface area contributed by atoms with Crippen LogP contribution in [0, 0.1) is 5.82 Å². The molecule has 90 valence electrons. The lowest BCUT2D eigenvalue weighted by Crippen LogP contribution is -2.19. The highest BCUT2D eigenvalue weighted by Crippen LogP contribution is 2.25. The van der Waals surface area contributed by atoms with Gasteiger partial charge in [0.2, 0.25) is 0 Å². The molecule has 0 fully saturated rings. The van der Waals surface area contributed by atoms with Crippen LogP contribution in [0.4, 0.5) is 4.39 Å². The normalized spacial score (nSPS) is 12.7. The Balaban J connectivity index is 2.45. The summed E-state index contributed by atoms with van der Waals surface area (Å²) < 4.78 is 16.5. The molecule has 0 aliphatic heterocycles. The summed E-state index contributed by atoms with van der Waals surface area (Å²) in [4.78, 5) is 4.25. The summed E-state index contributed by atoms with van der Waals surface area (Å²) >= 11 is 3.35. The molecule has 5 heteroatoms. The van der Waals surface area contributed by atoms with Gasteiger partial charge in [0.05, 0.1) is 18.1 Å². The SMILES string of the molecule is CNC(c1cn(C)cn1)c1cc(Br)ccc1F. The van der Waals surface area contributed by atoms with E-state index >= 15 is 0 Å². The lowest BCUT2D eigenvalue weighted by atomic mass is 10.0. The Hall–Kier alpha value is -1.20. The van der Waals surface area contributed by atoms with Crippen LogP contribution in [0.25, 0.3) is 0 Å². The molecule has 0 saturated heterocycles. The molecule has 0 spiro atoms. The molecule has 0 aliphatic rings. The van der Waals surface area contributed by atoms with Crippen molar-refractivity contribution in [2.24, 2.45) is 7.05 Å². The molecule has 0 aliphatic carbocycles. The fourth-order valence-corrected chi connectivity index (χ4v) is 2.16. The number of aryl methyl sites for hydroxylation is 1. The van der Waals surface area contributed by atoms with Crippen LogP contribution >= 0.6 is 15.9 Å². The number of hydrogen-bond acceptors (Lipinski definition) is 2. The van der Waals surface area contributed by atoms with Gasteiger partial charge in [-0.1, -0.05) is 15.9 Å². The maximum atomic E-state index is 13.8. The molecule has 0 bridgehead atoms. The lowest BCUT2D eigenvalue weighted by molar-refractivity contribution is 0.571. The Morgan fingerprint density at radius 1 is 1.47 bits per heavy atom. The molecule has 2 rings (SSSR count). The molecule has 2 aromatic rings. The van der Waals surface area contributed by atoms with E-state index in [2.05, 4.69) is 26.2 Å². The summed E-state index contributed by atoms with van der Waals surface area (Å²) in [6, 6.07) is 4.66. The first kappa shape index (κ1) is 12.3. The molecule has 3 nitrogen and oxygen atoms in total. The molecule has 1 heterocycles. The molecule has 0 amide bonds. The first-order chi connectivity index (χ1) is 8.11. The maximum Gasteiger partial charge on any atom is 0.128 e. The number of halogens is 2. The van der Waals surface area contributed by atoms with Gasteiger partial charge in [0.1, 0.15) is 5.82 Å². The molecule has 1 N–H and O–H groups in total. The summed E-state index contributed by atoms with van der Waals surface area (Å²) in [6.45, 7) is 0. The van der Waals surface area contributed by atoms with Gasteiger partial charge in [-0.3, -0.25) is 0 Å². The van der Waals surface area contributed by atoms with Crippen molar-refractivity contribution in [3.63, 3.8) is 0 Å². The topological polar surface area (TPSA) is 29.9 Å². The van der Waals surface area contributed by atoms with Crippen molar-refractivity contribution >= 4 is 15.9 Å². The Morgan fingerprint density at radius 2 is 2.24 bits per heavy atom. The number of nitrogens with one attached hydrogen (secondary N) is 1. The minimum Gasteiger partial charge on any atom is -0.340 e. The van der Waals surface area contributed by atoms with Gasteiger partial charge in [0.15, 0.2) is 0 Å². The van der Waals surface area contributed by atoms with Crippen molar-refractivity contribution in [3.05, 3.63) is 52.3 Å². The van der Waals surface area contributed by atoms with Crippen molar-refractivity contribution < 1.29 is 4.39 Å². The van der Waals surface area contributed by atoms with Gasteiger partial charge in [0.25, 0.3) is 0 Å². The van der Waals surface area contributed by atoms with E-state index in [1.165, 1.54) is 6.07 Å². The molecule has 0 saturated carbocycles. The molecule has 17 heavy (non-hydrogen) atoms. The van der Waals surface area contributed by atoms with Crippen molar-refractivity contribution in [3.8, 4) is 0 Å². The zero-order valence-corrected chi connectivity index (χ0v) is 11.2. The number of imidazole rings is 1. The van der Waals surface area contributed by atoms with Gasteiger partial charge < -0.3 is 9.88 Å². The van der Waals surface area contributed by atoms with Gasteiger partial charge in [-0.05, 0) is 25.2 Å². The minimum absolute atomic E-state index is 0.238. The molecular formula is C12H13BrFN3. The van der Waals surface area contributed by atoms with Crippen LogP contribution in [-0.2, 0) is 7.05 Å². The molecule has 1 aromatic carbocycles. The van der Waals surface area contributed by atoms with Crippen molar-refractivity contribution in [2.75, 3.05) is 7.05 Å². The highest BCUT2D eigenvalue weighted by atomic mass is 79.9. The van der Waals surface area contributed by atoms with Crippen molar-refractivity contribution in [2.45, 2.75) is 6.04 Å². The second-order valence-corrected chi connectivity index (χ2v) is 4.77. The van der Waals surface area contributed by atoms with Crippen LogP contribution in [0.1, 0.15) is 17.3 Å². The average molecular weight is 298 g/mol. The number of nitrogens with zero attached hydrogens (tertiary/aromatic N) is 2. The smallest absolute Gasteiger partial charge is 0.128 e. The van der Waals surface area contributed by atoms with E-state index in [0.717, 1.165) is 10.2 Å². The molecule has 1 aromatic heterocycles. The molecule has 1 unspecified atom stereocenters. The van der Waals surface area contributed by atoms with E-state index in [1.54, 1.807) is 25.5 Å². The van der Waals surface area contributed by atoms with E-state index in [-0.39, 0.29) is 11.9 Å². The molecule has 1 atom stereocenters. The van der Waals surface area contributed by atoms with E-state index in [4.69, 9.17) is 0 Å². The summed E-state index contributed by atoms with van der Waals surface area (Å²) in [6.07, 6.45) is 3.58. The summed E-state index contributed by atoms with van der Waals surface area (Å²) in [7, 11) is 3.68. The fourth-order valence-electron chi connectivity index (χ4n) is 1.78. The Morgan fingerprint density at radius 3 is 2.82 bits per heavy atom. The van der Waals surface area contributed by atoms with Gasteiger partial charge in [0, 0.05) is 23.3 Å². The van der Waals surface area contributed by atoms with Gasteiger partial charge >= 0.3 is 0 Å². The van der Waals surface area contributed by atoms with Crippen molar-refractivity contribution in [1.29, 1.82) is 0 Å². The van der Waals surface area contributed by atoms with Crippen LogP contribution in [-0.4, -0.2) is 16.6 Å². The van der Waals surface area contributed by atoms with Crippen LogP contribution in [0.3, 0.4) is 0 Å². The second kappa shape index (κ2) is 4.98. The number of hydrogen-bond donors (Lipinski definition) is 1. The Labute approximate surface area is 108 Å². The third kappa shape index (κ3) is 2.56. The first-order valence-corrected chi connectivity index (χ1v) is 6.01. The fraction of sp³-hybridized carbons (Fsp3) is 0.250. The van der Waals surface area contributed by atoms with Gasteiger partial charge in [-0.2, -0.15) is 0 Å². The summed E-state index contributed by atoms with van der Waals surface area (Å²) in [5.41, 5.74) is 1.38.